The second-order valence-corrected chi connectivity index (χ2v) is 7.72. The summed E-state index contributed by atoms with van der Waals surface area (Å²) in [5.74, 6) is -0.0112. The zero-order valence-electron chi connectivity index (χ0n) is 11.3. The van der Waals surface area contributed by atoms with Crippen molar-refractivity contribution in [3.05, 3.63) is 0 Å². The highest BCUT2D eigenvalue weighted by Gasteiger charge is 2.37. The van der Waals surface area contributed by atoms with Crippen LogP contribution >= 0.6 is 0 Å². The van der Waals surface area contributed by atoms with Gasteiger partial charge in [-0.25, -0.2) is 0 Å². The predicted octanol–water partition coefficient (Wildman–Crippen LogP) is 0.760. The maximum Gasteiger partial charge on any atom is 0.304 e. The van der Waals surface area contributed by atoms with Crippen LogP contribution in [0.5, 0.6) is 0 Å². The van der Waals surface area contributed by atoms with Crippen LogP contribution in [0.1, 0.15) is 32.1 Å². The van der Waals surface area contributed by atoms with Gasteiger partial charge in [0.2, 0.25) is 0 Å². The number of hydrogen-bond donors (Lipinski definition) is 1. The molecule has 110 valence electrons. The summed E-state index contributed by atoms with van der Waals surface area (Å²) in [7, 11) is -2.04. The van der Waals surface area contributed by atoms with E-state index in [1.54, 1.807) is 4.31 Å². The molecule has 2 atom stereocenters. The summed E-state index contributed by atoms with van der Waals surface area (Å²) in [5, 5.41) is 8.63. The Morgan fingerprint density at radius 2 is 1.89 bits per heavy atom. The zero-order chi connectivity index (χ0) is 14.0. The molecule has 0 aromatic carbocycles. The molecule has 1 aliphatic heterocycles. The van der Waals surface area contributed by atoms with E-state index in [1.165, 1.54) is 17.8 Å². The summed E-state index contributed by atoms with van der Waals surface area (Å²) >= 11 is 0. The van der Waals surface area contributed by atoms with Crippen LogP contribution in [0.4, 0.5) is 0 Å². The van der Waals surface area contributed by atoms with E-state index in [-0.39, 0.29) is 13.0 Å². The first-order valence-corrected chi connectivity index (χ1v) is 8.22. The number of rotatable bonds is 5. The van der Waals surface area contributed by atoms with Crippen LogP contribution in [0.2, 0.25) is 0 Å². The molecule has 0 aromatic heterocycles. The summed E-state index contributed by atoms with van der Waals surface area (Å²) in [6, 6.07) is 0. The van der Waals surface area contributed by atoms with Crippen LogP contribution in [0, 0.1) is 11.8 Å². The fourth-order valence-electron chi connectivity index (χ4n) is 3.14. The highest BCUT2D eigenvalue weighted by molar-refractivity contribution is 7.86. The molecule has 2 aliphatic rings. The number of nitrogens with zero attached hydrogens (tertiary/aromatic N) is 2. The number of piperidine rings is 1. The molecule has 2 unspecified atom stereocenters. The van der Waals surface area contributed by atoms with E-state index in [1.807, 2.05) is 0 Å². The van der Waals surface area contributed by atoms with Crippen molar-refractivity contribution in [2.45, 2.75) is 32.1 Å². The molecule has 2 rings (SSSR count). The van der Waals surface area contributed by atoms with Crippen molar-refractivity contribution in [3.63, 3.8) is 0 Å². The standard InChI is InChI=1S/C12H22N2O4S/c1-13(6-5-12(15)16)19(17,18)14-8-10-3-2-4-11(7-10)9-14/h10-11H,2-9H2,1H3,(H,15,16). The van der Waals surface area contributed by atoms with Crippen LogP contribution in [-0.4, -0.2) is 54.8 Å². The lowest BCUT2D eigenvalue weighted by molar-refractivity contribution is -0.137. The second kappa shape index (κ2) is 5.76. The average Bonchev–Trinajstić information content (AvgIpc) is 2.35. The number of carboxylic acids is 1. The van der Waals surface area contributed by atoms with Crippen molar-refractivity contribution in [3.8, 4) is 0 Å². The molecule has 0 amide bonds. The first-order valence-electron chi connectivity index (χ1n) is 6.83. The highest BCUT2D eigenvalue weighted by Crippen LogP contribution is 2.35. The highest BCUT2D eigenvalue weighted by atomic mass is 32.2. The van der Waals surface area contributed by atoms with E-state index in [4.69, 9.17) is 5.11 Å². The molecule has 0 spiro atoms. The summed E-state index contributed by atoms with van der Waals surface area (Å²) in [4.78, 5) is 10.5. The van der Waals surface area contributed by atoms with Gasteiger partial charge in [-0.05, 0) is 31.1 Å². The van der Waals surface area contributed by atoms with Crippen molar-refractivity contribution >= 4 is 16.2 Å². The zero-order valence-corrected chi connectivity index (χ0v) is 12.1. The number of carboxylic acid groups (broad SMARTS) is 1. The van der Waals surface area contributed by atoms with Gasteiger partial charge in [-0.3, -0.25) is 4.79 Å². The predicted molar refractivity (Wildman–Crippen MR) is 70.8 cm³/mol. The molecule has 0 radical (unpaired) electrons. The number of carbonyl (C=O) groups is 1. The largest absolute Gasteiger partial charge is 0.481 e. The number of aliphatic carboxylic acids is 1. The first kappa shape index (κ1) is 14.7. The Labute approximate surface area is 114 Å². The quantitative estimate of drug-likeness (QED) is 0.811. The third-order valence-electron chi connectivity index (χ3n) is 4.18. The van der Waals surface area contributed by atoms with Gasteiger partial charge < -0.3 is 5.11 Å². The molecule has 1 N–H and O–H groups in total. The summed E-state index contributed by atoms with van der Waals surface area (Å²) < 4.78 is 27.5. The Balaban J connectivity index is 2.00. The van der Waals surface area contributed by atoms with E-state index in [0.717, 1.165) is 19.3 Å². The number of hydrogen-bond acceptors (Lipinski definition) is 3. The van der Waals surface area contributed by atoms with Gasteiger partial charge in [0.25, 0.3) is 10.2 Å². The number of fused-ring (bicyclic) bond motifs is 2. The van der Waals surface area contributed by atoms with Gasteiger partial charge in [0, 0.05) is 26.7 Å². The molecule has 1 saturated carbocycles. The minimum absolute atomic E-state index is 0.0312. The van der Waals surface area contributed by atoms with E-state index in [2.05, 4.69) is 0 Å². The van der Waals surface area contributed by atoms with Crippen LogP contribution < -0.4 is 0 Å². The van der Waals surface area contributed by atoms with Gasteiger partial charge >= 0.3 is 5.97 Å². The lowest BCUT2D eigenvalue weighted by atomic mass is 9.79. The molecule has 1 aliphatic carbocycles. The molecule has 6 nitrogen and oxygen atoms in total. The van der Waals surface area contributed by atoms with Gasteiger partial charge in [-0.2, -0.15) is 17.0 Å². The SMILES string of the molecule is CN(CCC(=O)O)S(=O)(=O)N1CC2CCCC(C2)C1. The van der Waals surface area contributed by atoms with Crippen LogP contribution in [0.25, 0.3) is 0 Å². The van der Waals surface area contributed by atoms with E-state index < -0.39 is 16.2 Å². The van der Waals surface area contributed by atoms with Crippen molar-refractivity contribution in [2.75, 3.05) is 26.7 Å². The Bertz CT molecular complexity index is 425. The molecule has 1 saturated heterocycles. The second-order valence-electron chi connectivity index (χ2n) is 5.69. The Hall–Kier alpha value is -0.660. The van der Waals surface area contributed by atoms with Crippen molar-refractivity contribution in [1.82, 2.24) is 8.61 Å². The van der Waals surface area contributed by atoms with Gasteiger partial charge in [-0.1, -0.05) is 6.42 Å². The fraction of sp³-hybridized carbons (Fsp3) is 0.917. The Morgan fingerprint density at radius 3 is 2.42 bits per heavy atom. The van der Waals surface area contributed by atoms with Crippen molar-refractivity contribution in [1.29, 1.82) is 0 Å². The molecule has 7 heteroatoms. The molecule has 2 bridgehead atoms. The maximum absolute atomic E-state index is 12.4. The lowest BCUT2D eigenvalue weighted by Crippen LogP contribution is -2.50. The minimum Gasteiger partial charge on any atom is -0.481 e. The average molecular weight is 290 g/mol. The first-order chi connectivity index (χ1) is 8.89. The van der Waals surface area contributed by atoms with Gasteiger partial charge in [0.05, 0.1) is 6.42 Å². The molecule has 0 aromatic rings. The molecular weight excluding hydrogens is 268 g/mol. The Morgan fingerprint density at radius 1 is 1.32 bits per heavy atom. The smallest absolute Gasteiger partial charge is 0.304 e. The van der Waals surface area contributed by atoms with E-state index >= 15 is 0 Å². The summed E-state index contributed by atoms with van der Waals surface area (Å²) in [6.07, 6.45) is 4.42. The van der Waals surface area contributed by atoms with Crippen LogP contribution in [0.15, 0.2) is 0 Å². The lowest BCUT2D eigenvalue weighted by Gasteiger charge is -2.41. The summed E-state index contributed by atoms with van der Waals surface area (Å²) in [6.45, 7) is 1.22. The molecule has 2 fully saturated rings. The third kappa shape index (κ3) is 3.46. The van der Waals surface area contributed by atoms with Gasteiger partial charge in [-0.15, -0.1) is 0 Å². The molecule has 19 heavy (non-hydrogen) atoms. The van der Waals surface area contributed by atoms with Crippen molar-refractivity contribution < 1.29 is 18.3 Å². The Kier molecular flexibility index (Phi) is 4.47. The minimum atomic E-state index is -3.50. The van der Waals surface area contributed by atoms with Crippen LogP contribution in [-0.2, 0) is 15.0 Å². The normalized spacial score (nSPS) is 28.5. The monoisotopic (exact) mass is 290 g/mol. The van der Waals surface area contributed by atoms with E-state index in [0.29, 0.717) is 24.9 Å². The van der Waals surface area contributed by atoms with Crippen LogP contribution in [0.3, 0.4) is 0 Å². The third-order valence-corrected chi connectivity index (χ3v) is 6.10. The maximum atomic E-state index is 12.4. The van der Waals surface area contributed by atoms with Gasteiger partial charge in [0.15, 0.2) is 0 Å². The summed E-state index contributed by atoms with van der Waals surface area (Å²) in [5.41, 5.74) is 0. The van der Waals surface area contributed by atoms with Crippen molar-refractivity contribution in [2.24, 2.45) is 11.8 Å². The van der Waals surface area contributed by atoms with Gasteiger partial charge in [0.1, 0.15) is 0 Å². The molecular formula is C12H22N2O4S. The molecule has 1 heterocycles. The topological polar surface area (TPSA) is 77.9 Å². The van der Waals surface area contributed by atoms with E-state index in [9.17, 15) is 13.2 Å². The fourth-order valence-corrected chi connectivity index (χ4v) is 4.65.